The Morgan fingerprint density at radius 2 is 1.05 bits per heavy atom. The van der Waals surface area contributed by atoms with E-state index in [9.17, 15) is 0 Å². The SMILES string of the molecule is CC1C2CCCCC2C(C)(C2CCCCC2)C2CCCCC12. The molecule has 4 saturated carbocycles. The van der Waals surface area contributed by atoms with Crippen LogP contribution in [0.5, 0.6) is 0 Å². The van der Waals surface area contributed by atoms with E-state index in [1.165, 1.54) is 44.9 Å². The van der Waals surface area contributed by atoms with Gasteiger partial charge in [-0.15, -0.1) is 0 Å². The molecular formula is C22H38. The third kappa shape index (κ3) is 2.30. The number of fused-ring (bicyclic) bond motifs is 2. The van der Waals surface area contributed by atoms with Crippen LogP contribution in [0.25, 0.3) is 0 Å². The molecule has 0 aromatic rings. The van der Waals surface area contributed by atoms with Crippen molar-refractivity contribution in [3.63, 3.8) is 0 Å². The smallest absolute Gasteiger partial charge is 0.0235 e. The minimum atomic E-state index is 0.711. The van der Waals surface area contributed by atoms with Crippen LogP contribution in [0.15, 0.2) is 0 Å². The average Bonchev–Trinajstić information content (AvgIpc) is 2.60. The van der Waals surface area contributed by atoms with Crippen molar-refractivity contribution in [2.45, 2.75) is 97.3 Å². The molecule has 0 heteroatoms. The van der Waals surface area contributed by atoms with E-state index >= 15 is 0 Å². The van der Waals surface area contributed by atoms with Gasteiger partial charge in [0.15, 0.2) is 0 Å². The molecule has 0 nitrogen and oxygen atoms in total. The predicted molar refractivity (Wildman–Crippen MR) is 94.7 cm³/mol. The first-order chi connectivity index (χ1) is 10.7. The highest BCUT2D eigenvalue weighted by Gasteiger charge is 2.58. The zero-order valence-corrected chi connectivity index (χ0v) is 15.2. The van der Waals surface area contributed by atoms with Gasteiger partial charge in [0.2, 0.25) is 0 Å². The fourth-order valence-electron chi connectivity index (χ4n) is 8.04. The molecule has 0 heterocycles. The Kier molecular flexibility index (Phi) is 4.33. The molecule has 4 aliphatic rings. The summed E-state index contributed by atoms with van der Waals surface area (Å²) < 4.78 is 0. The van der Waals surface area contributed by atoms with E-state index in [1.807, 2.05) is 0 Å². The zero-order chi connectivity index (χ0) is 15.2. The number of hydrogen-bond acceptors (Lipinski definition) is 0. The van der Waals surface area contributed by atoms with Gasteiger partial charge in [-0.1, -0.05) is 58.8 Å². The molecule has 4 atom stereocenters. The van der Waals surface area contributed by atoms with Crippen LogP contribution in [0, 0.1) is 40.9 Å². The fraction of sp³-hybridized carbons (Fsp3) is 1.00. The van der Waals surface area contributed by atoms with Crippen molar-refractivity contribution in [1.29, 1.82) is 0 Å². The van der Waals surface area contributed by atoms with E-state index in [-0.39, 0.29) is 0 Å². The highest BCUT2D eigenvalue weighted by molar-refractivity contribution is 5.06. The largest absolute Gasteiger partial charge is 0.0620 e. The lowest BCUT2D eigenvalue weighted by Gasteiger charge is -2.63. The molecule has 0 aromatic heterocycles. The molecule has 0 bridgehead atoms. The lowest BCUT2D eigenvalue weighted by Crippen LogP contribution is -2.56. The van der Waals surface area contributed by atoms with Crippen molar-refractivity contribution >= 4 is 0 Å². The summed E-state index contributed by atoms with van der Waals surface area (Å²) in [4.78, 5) is 0. The summed E-state index contributed by atoms with van der Waals surface area (Å²) in [5, 5.41) is 0. The molecule has 0 amide bonds. The van der Waals surface area contributed by atoms with Gasteiger partial charge in [-0.05, 0) is 79.4 Å². The van der Waals surface area contributed by atoms with E-state index in [0.29, 0.717) is 5.41 Å². The third-order valence-electron chi connectivity index (χ3n) is 9.07. The normalized spacial score (nSPS) is 50.2. The van der Waals surface area contributed by atoms with Crippen LogP contribution in [0.4, 0.5) is 0 Å². The first kappa shape index (κ1) is 15.5. The van der Waals surface area contributed by atoms with Crippen molar-refractivity contribution in [1.82, 2.24) is 0 Å². The average molecular weight is 303 g/mol. The first-order valence-corrected chi connectivity index (χ1v) is 10.7. The van der Waals surface area contributed by atoms with Gasteiger partial charge < -0.3 is 0 Å². The molecular weight excluding hydrogens is 264 g/mol. The van der Waals surface area contributed by atoms with Crippen LogP contribution in [-0.4, -0.2) is 0 Å². The molecule has 0 aromatic carbocycles. The van der Waals surface area contributed by atoms with Gasteiger partial charge in [0.1, 0.15) is 0 Å². The maximum absolute atomic E-state index is 2.81. The Balaban J connectivity index is 1.70. The molecule has 0 spiro atoms. The molecule has 126 valence electrons. The van der Waals surface area contributed by atoms with E-state index in [0.717, 1.165) is 35.5 Å². The van der Waals surface area contributed by atoms with Crippen LogP contribution >= 0.6 is 0 Å². The monoisotopic (exact) mass is 302 g/mol. The molecule has 0 radical (unpaired) electrons. The Hall–Kier alpha value is 0. The molecule has 0 saturated heterocycles. The van der Waals surface area contributed by atoms with Gasteiger partial charge in [0.05, 0.1) is 0 Å². The highest BCUT2D eigenvalue weighted by atomic mass is 14.6. The lowest BCUT2D eigenvalue weighted by atomic mass is 9.41. The standard InChI is InChI=1S/C22H38/c1-16-18-12-6-8-14-20(18)22(2,17-10-4-3-5-11-17)21-15-9-7-13-19(16)21/h16-21H,3-15H2,1-2H3. The third-order valence-corrected chi connectivity index (χ3v) is 9.07. The molecule has 4 fully saturated rings. The summed E-state index contributed by atoms with van der Waals surface area (Å²) in [6.07, 6.45) is 20.1. The van der Waals surface area contributed by atoms with Crippen LogP contribution in [0.2, 0.25) is 0 Å². The Morgan fingerprint density at radius 1 is 0.591 bits per heavy atom. The van der Waals surface area contributed by atoms with Crippen LogP contribution < -0.4 is 0 Å². The predicted octanol–water partition coefficient (Wildman–Crippen LogP) is 6.84. The summed E-state index contributed by atoms with van der Waals surface area (Å²) in [7, 11) is 0. The van der Waals surface area contributed by atoms with Crippen LogP contribution in [0.1, 0.15) is 97.3 Å². The van der Waals surface area contributed by atoms with E-state index in [2.05, 4.69) is 13.8 Å². The summed E-state index contributed by atoms with van der Waals surface area (Å²) >= 11 is 0. The molecule has 22 heavy (non-hydrogen) atoms. The van der Waals surface area contributed by atoms with Gasteiger partial charge in [-0.25, -0.2) is 0 Å². The fourth-order valence-corrected chi connectivity index (χ4v) is 8.04. The van der Waals surface area contributed by atoms with Crippen molar-refractivity contribution in [2.75, 3.05) is 0 Å². The molecule has 4 rings (SSSR count). The number of hydrogen-bond donors (Lipinski definition) is 0. The lowest BCUT2D eigenvalue weighted by molar-refractivity contribution is -0.148. The van der Waals surface area contributed by atoms with Gasteiger partial charge in [-0.2, -0.15) is 0 Å². The second-order valence-corrected chi connectivity index (χ2v) is 9.67. The summed E-state index contributed by atoms with van der Waals surface area (Å²) in [6, 6.07) is 0. The second-order valence-electron chi connectivity index (χ2n) is 9.67. The topological polar surface area (TPSA) is 0 Å². The van der Waals surface area contributed by atoms with Gasteiger partial charge in [-0.3, -0.25) is 0 Å². The zero-order valence-electron chi connectivity index (χ0n) is 15.2. The molecule has 0 N–H and O–H groups in total. The second kappa shape index (κ2) is 6.14. The van der Waals surface area contributed by atoms with Crippen molar-refractivity contribution < 1.29 is 0 Å². The highest BCUT2D eigenvalue weighted by Crippen LogP contribution is 2.65. The minimum absolute atomic E-state index is 0.711. The minimum Gasteiger partial charge on any atom is -0.0620 e. The number of rotatable bonds is 1. The van der Waals surface area contributed by atoms with E-state index < -0.39 is 0 Å². The maximum atomic E-state index is 2.81. The van der Waals surface area contributed by atoms with Crippen LogP contribution in [0.3, 0.4) is 0 Å². The summed E-state index contributed by atoms with van der Waals surface area (Å²) in [6.45, 7) is 5.47. The van der Waals surface area contributed by atoms with Crippen molar-refractivity contribution in [3.05, 3.63) is 0 Å². The summed E-state index contributed by atoms with van der Waals surface area (Å²) in [5.74, 6) is 6.44. The van der Waals surface area contributed by atoms with Crippen LogP contribution in [-0.2, 0) is 0 Å². The van der Waals surface area contributed by atoms with Gasteiger partial charge in [0, 0.05) is 0 Å². The van der Waals surface area contributed by atoms with E-state index in [4.69, 9.17) is 0 Å². The summed E-state index contributed by atoms with van der Waals surface area (Å²) in [5.41, 5.74) is 0.711. The molecule has 0 aliphatic heterocycles. The van der Waals surface area contributed by atoms with E-state index in [1.54, 1.807) is 38.5 Å². The van der Waals surface area contributed by atoms with Crippen molar-refractivity contribution in [2.24, 2.45) is 40.9 Å². The van der Waals surface area contributed by atoms with Gasteiger partial charge >= 0.3 is 0 Å². The maximum Gasteiger partial charge on any atom is -0.0235 e. The quantitative estimate of drug-likeness (QED) is 0.497. The van der Waals surface area contributed by atoms with Crippen molar-refractivity contribution in [3.8, 4) is 0 Å². The Morgan fingerprint density at radius 3 is 1.59 bits per heavy atom. The molecule has 4 unspecified atom stereocenters. The Bertz CT molecular complexity index is 353. The first-order valence-electron chi connectivity index (χ1n) is 10.7. The Labute approximate surface area is 138 Å². The van der Waals surface area contributed by atoms with Gasteiger partial charge in [0.25, 0.3) is 0 Å². The molecule has 4 aliphatic carbocycles.